The molecule has 12 nitrogen and oxygen atoms in total. The van der Waals surface area contributed by atoms with E-state index in [1.807, 2.05) is 0 Å². The van der Waals surface area contributed by atoms with Gasteiger partial charge in [-0.15, -0.1) is 0 Å². The van der Waals surface area contributed by atoms with Gasteiger partial charge in [-0.1, -0.05) is 26.0 Å². The molecule has 1 rings (SSSR count). The van der Waals surface area contributed by atoms with E-state index in [2.05, 4.69) is 16.0 Å². The summed E-state index contributed by atoms with van der Waals surface area (Å²) < 4.78 is 0. The summed E-state index contributed by atoms with van der Waals surface area (Å²) in [6.45, 7) is 3.03. The summed E-state index contributed by atoms with van der Waals surface area (Å²) in [4.78, 5) is 59.7. The lowest BCUT2D eigenvalue weighted by Crippen LogP contribution is -2.58. The van der Waals surface area contributed by atoms with Crippen LogP contribution in [0.25, 0.3) is 0 Å². The number of carbonyl (C=O) groups excluding carboxylic acids is 3. The molecule has 0 aromatic heterocycles. The van der Waals surface area contributed by atoms with E-state index >= 15 is 0 Å². The van der Waals surface area contributed by atoms with E-state index in [0.29, 0.717) is 5.56 Å². The van der Waals surface area contributed by atoms with Gasteiger partial charge in [-0.25, -0.2) is 4.79 Å². The third-order valence-corrected chi connectivity index (χ3v) is 4.72. The summed E-state index contributed by atoms with van der Waals surface area (Å²) in [7, 11) is 0. The molecule has 0 aliphatic heterocycles. The number of benzene rings is 1. The van der Waals surface area contributed by atoms with Crippen LogP contribution in [0.4, 0.5) is 0 Å². The monoisotopic (exact) mass is 466 g/mol. The molecule has 0 heterocycles. The number of carboxylic acids is 2. The van der Waals surface area contributed by atoms with Crippen molar-refractivity contribution < 1.29 is 39.3 Å². The molecule has 182 valence electrons. The largest absolute Gasteiger partial charge is 0.508 e. The topological polar surface area (TPSA) is 208 Å². The van der Waals surface area contributed by atoms with Gasteiger partial charge in [0, 0.05) is 12.8 Å². The van der Waals surface area contributed by atoms with Gasteiger partial charge in [0.05, 0.1) is 6.54 Å². The fourth-order valence-corrected chi connectivity index (χ4v) is 2.90. The van der Waals surface area contributed by atoms with Crippen molar-refractivity contribution in [3.63, 3.8) is 0 Å². The molecule has 0 aliphatic carbocycles. The number of amides is 3. The highest BCUT2D eigenvalue weighted by Crippen LogP contribution is 2.12. The molecule has 8 N–H and O–H groups in total. The van der Waals surface area contributed by atoms with E-state index < -0.39 is 54.2 Å². The quantitative estimate of drug-likeness (QED) is 0.189. The van der Waals surface area contributed by atoms with Crippen LogP contribution in [0.1, 0.15) is 32.3 Å². The van der Waals surface area contributed by atoms with E-state index in [1.165, 1.54) is 24.3 Å². The second-order valence-corrected chi connectivity index (χ2v) is 7.76. The highest BCUT2D eigenvalue weighted by molar-refractivity contribution is 5.94. The van der Waals surface area contributed by atoms with Crippen molar-refractivity contribution in [2.24, 2.45) is 11.7 Å². The molecule has 1 aromatic carbocycles. The first-order valence-electron chi connectivity index (χ1n) is 10.3. The Kier molecular flexibility index (Phi) is 10.8. The maximum atomic E-state index is 12.9. The van der Waals surface area contributed by atoms with Gasteiger partial charge in [0.25, 0.3) is 0 Å². The molecule has 3 amide bonds. The van der Waals surface area contributed by atoms with Crippen LogP contribution in [0, 0.1) is 5.92 Å². The summed E-state index contributed by atoms with van der Waals surface area (Å²) in [6, 6.07) is 2.09. The molecule has 0 aliphatic rings. The van der Waals surface area contributed by atoms with E-state index in [4.69, 9.17) is 10.8 Å². The zero-order valence-electron chi connectivity index (χ0n) is 18.4. The number of hydrogen-bond donors (Lipinski definition) is 7. The highest BCUT2D eigenvalue weighted by Gasteiger charge is 2.31. The minimum absolute atomic E-state index is 0.00670. The van der Waals surface area contributed by atoms with Gasteiger partial charge < -0.3 is 37.0 Å². The molecule has 0 saturated carbocycles. The summed E-state index contributed by atoms with van der Waals surface area (Å²) in [5, 5.41) is 34.8. The number of nitrogens with two attached hydrogens (primary N) is 1. The van der Waals surface area contributed by atoms with Crippen molar-refractivity contribution in [3.05, 3.63) is 29.8 Å². The number of nitrogens with one attached hydrogen (secondary N) is 3. The first-order chi connectivity index (χ1) is 15.4. The molecule has 12 heteroatoms. The van der Waals surface area contributed by atoms with Crippen LogP contribution in [0.2, 0.25) is 0 Å². The molecule has 0 saturated heterocycles. The Morgan fingerprint density at radius 1 is 0.909 bits per heavy atom. The predicted molar refractivity (Wildman–Crippen MR) is 116 cm³/mol. The van der Waals surface area contributed by atoms with Gasteiger partial charge in [-0.05, 0) is 30.0 Å². The summed E-state index contributed by atoms with van der Waals surface area (Å²) in [5.41, 5.74) is 5.85. The average molecular weight is 466 g/mol. The molecule has 0 fully saturated rings. The SMILES string of the molecule is CC(C)C(NC(=O)CN)C(=O)NC(Cc1ccc(O)cc1)C(=O)NC(CCC(=O)O)C(=O)O. The maximum absolute atomic E-state index is 12.9. The van der Waals surface area contributed by atoms with Crippen LogP contribution in [-0.4, -0.2) is 69.7 Å². The molecule has 0 radical (unpaired) electrons. The lowest BCUT2D eigenvalue weighted by atomic mass is 10.0. The standard InChI is InChI=1S/C21H30N4O8/c1-11(2)18(25-16(27)10-22)20(31)24-15(9-12-3-5-13(26)6-4-12)19(30)23-14(21(32)33)7-8-17(28)29/h3-6,11,14-15,18,26H,7-10,22H2,1-2H3,(H,23,30)(H,24,31)(H,25,27)(H,28,29)(H,32,33). The number of rotatable bonds is 13. The van der Waals surface area contributed by atoms with E-state index in [-0.39, 0.29) is 31.1 Å². The minimum Gasteiger partial charge on any atom is -0.508 e. The Bertz CT molecular complexity index is 856. The lowest BCUT2D eigenvalue weighted by molar-refractivity contribution is -0.143. The van der Waals surface area contributed by atoms with Gasteiger partial charge in [0.1, 0.15) is 23.9 Å². The third-order valence-electron chi connectivity index (χ3n) is 4.72. The fraction of sp³-hybridized carbons (Fsp3) is 0.476. The number of carboxylic acid groups (broad SMARTS) is 2. The third kappa shape index (κ3) is 9.56. The Balaban J connectivity index is 3.10. The second kappa shape index (κ2) is 13.0. The molecule has 0 bridgehead atoms. The van der Waals surface area contributed by atoms with Gasteiger partial charge in [-0.3, -0.25) is 19.2 Å². The summed E-state index contributed by atoms with van der Waals surface area (Å²) in [5.74, 6) is -5.09. The van der Waals surface area contributed by atoms with Crippen LogP contribution in [-0.2, 0) is 30.4 Å². The summed E-state index contributed by atoms with van der Waals surface area (Å²) in [6.07, 6.45) is -0.886. The van der Waals surface area contributed by atoms with E-state index in [0.717, 1.165) is 0 Å². The molecule has 3 unspecified atom stereocenters. The van der Waals surface area contributed by atoms with Crippen LogP contribution in [0.3, 0.4) is 0 Å². The van der Waals surface area contributed by atoms with Crippen molar-refractivity contribution in [2.75, 3.05) is 6.54 Å². The number of phenols is 1. The Morgan fingerprint density at radius 3 is 1.97 bits per heavy atom. The first-order valence-corrected chi connectivity index (χ1v) is 10.3. The van der Waals surface area contributed by atoms with Crippen molar-refractivity contribution in [1.29, 1.82) is 0 Å². The van der Waals surface area contributed by atoms with Gasteiger partial charge >= 0.3 is 11.9 Å². The number of carbonyl (C=O) groups is 5. The second-order valence-electron chi connectivity index (χ2n) is 7.76. The van der Waals surface area contributed by atoms with Crippen molar-refractivity contribution >= 4 is 29.7 Å². The van der Waals surface area contributed by atoms with Crippen LogP contribution in [0.5, 0.6) is 5.75 Å². The normalized spacial score (nSPS) is 13.5. The minimum atomic E-state index is -1.48. The highest BCUT2D eigenvalue weighted by atomic mass is 16.4. The number of phenolic OH excluding ortho intramolecular Hbond substituents is 1. The molecule has 1 aromatic rings. The zero-order valence-corrected chi connectivity index (χ0v) is 18.4. The number of aliphatic carboxylic acids is 2. The van der Waals surface area contributed by atoms with Crippen LogP contribution >= 0.6 is 0 Å². The van der Waals surface area contributed by atoms with Crippen molar-refractivity contribution in [1.82, 2.24) is 16.0 Å². The Labute approximate surface area is 190 Å². The maximum Gasteiger partial charge on any atom is 0.326 e. The smallest absolute Gasteiger partial charge is 0.326 e. The van der Waals surface area contributed by atoms with Crippen LogP contribution in [0.15, 0.2) is 24.3 Å². The van der Waals surface area contributed by atoms with Crippen LogP contribution < -0.4 is 21.7 Å². The molecule has 33 heavy (non-hydrogen) atoms. The Morgan fingerprint density at radius 2 is 1.48 bits per heavy atom. The first kappa shape index (κ1) is 27.4. The number of hydrogen-bond acceptors (Lipinski definition) is 7. The van der Waals surface area contributed by atoms with E-state index in [9.17, 15) is 34.2 Å². The zero-order chi connectivity index (χ0) is 25.1. The lowest BCUT2D eigenvalue weighted by Gasteiger charge is -2.26. The van der Waals surface area contributed by atoms with Gasteiger partial charge in [0.2, 0.25) is 17.7 Å². The molecule has 0 spiro atoms. The average Bonchev–Trinajstić information content (AvgIpc) is 2.74. The molecular formula is C21H30N4O8. The number of aromatic hydroxyl groups is 1. The summed E-state index contributed by atoms with van der Waals surface area (Å²) >= 11 is 0. The van der Waals surface area contributed by atoms with Crippen molar-refractivity contribution in [2.45, 2.75) is 51.2 Å². The van der Waals surface area contributed by atoms with Gasteiger partial charge in [0.15, 0.2) is 0 Å². The van der Waals surface area contributed by atoms with Crippen molar-refractivity contribution in [3.8, 4) is 5.75 Å². The molecule has 3 atom stereocenters. The van der Waals surface area contributed by atoms with E-state index in [1.54, 1.807) is 13.8 Å². The predicted octanol–water partition coefficient (Wildman–Crippen LogP) is -1.05. The fourth-order valence-electron chi connectivity index (χ4n) is 2.90. The Hall–Kier alpha value is -3.67. The van der Waals surface area contributed by atoms with Gasteiger partial charge in [-0.2, -0.15) is 0 Å². The molecular weight excluding hydrogens is 436 g/mol.